The van der Waals surface area contributed by atoms with Gasteiger partial charge < -0.3 is 20.4 Å². The van der Waals surface area contributed by atoms with Crippen LogP contribution in [-0.2, 0) is 4.74 Å². The topological polar surface area (TPSA) is 69.3 Å². The van der Waals surface area contributed by atoms with Crippen molar-refractivity contribution < 1.29 is 9.53 Å². The van der Waals surface area contributed by atoms with Crippen LogP contribution in [0.3, 0.4) is 0 Å². The molecule has 1 aromatic rings. The van der Waals surface area contributed by atoms with E-state index in [0.717, 1.165) is 25.1 Å². The summed E-state index contributed by atoms with van der Waals surface area (Å²) in [6.45, 7) is 0.790. The zero-order valence-electron chi connectivity index (χ0n) is 11.5. The number of amides is 1. The zero-order valence-corrected chi connectivity index (χ0v) is 11.5. The van der Waals surface area contributed by atoms with Gasteiger partial charge in [-0.25, -0.2) is 0 Å². The van der Waals surface area contributed by atoms with Crippen molar-refractivity contribution in [2.45, 2.75) is 49.9 Å². The fraction of sp³-hybridized carbons (Fsp3) is 0.667. The highest BCUT2D eigenvalue weighted by molar-refractivity contribution is 5.93. The lowest BCUT2D eigenvalue weighted by molar-refractivity contribution is -0.117. The van der Waals surface area contributed by atoms with Gasteiger partial charge in [0.25, 0.3) is 5.91 Å². The normalized spacial score (nSPS) is 36.0. The molecule has 0 aromatic carbocycles. The first kappa shape index (κ1) is 12.4. The maximum Gasteiger partial charge on any atom is 0.268 e. The Balaban J connectivity index is 1.46. The Bertz CT molecular complexity index is 523. The smallest absolute Gasteiger partial charge is 0.268 e. The van der Waals surface area contributed by atoms with Gasteiger partial charge in [-0.15, -0.1) is 0 Å². The molecule has 5 heteroatoms. The molecule has 108 valence electrons. The molecule has 2 heterocycles. The summed E-state index contributed by atoms with van der Waals surface area (Å²) < 4.78 is 7.85. The van der Waals surface area contributed by atoms with Crippen molar-refractivity contribution in [3.05, 3.63) is 24.0 Å². The minimum absolute atomic E-state index is 0.0185. The van der Waals surface area contributed by atoms with Crippen LogP contribution >= 0.6 is 0 Å². The number of rotatable bonds is 3. The first-order chi connectivity index (χ1) is 9.75. The molecule has 3 N–H and O–H groups in total. The Morgan fingerprint density at radius 1 is 1.40 bits per heavy atom. The van der Waals surface area contributed by atoms with Crippen LogP contribution in [0.1, 0.15) is 42.2 Å². The molecule has 2 saturated carbocycles. The summed E-state index contributed by atoms with van der Waals surface area (Å²) in [5.41, 5.74) is 6.94. The largest absolute Gasteiger partial charge is 0.376 e. The van der Waals surface area contributed by atoms with Gasteiger partial charge >= 0.3 is 0 Å². The van der Waals surface area contributed by atoms with Gasteiger partial charge in [0, 0.05) is 30.8 Å². The molecule has 0 bridgehead atoms. The number of hydrogen-bond acceptors (Lipinski definition) is 3. The van der Waals surface area contributed by atoms with Crippen molar-refractivity contribution in [1.82, 2.24) is 9.88 Å². The fourth-order valence-corrected chi connectivity index (χ4v) is 3.61. The molecular weight excluding hydrogens is 254 g/mol. The van der Waals surface area contributed by atoms with E-state index in [0.29, 0.717) is 12.0 Å². The quantitative estimate of drug-likeness (QED) is 0.866. The third kappa shape index (κ3) is 1.88. The second-order valence-corrected chi connectivity index (χ2v) is 6.25. The van der Waals surface area contributed by atoms with E-state index in [4.69, 9.17) is 10.5 Å². The van der Waals surface area contributed by atoms with Crippen molar-refractivity contribution in [3.63, 3.8) is 0 Å². The van der Waals surface area contributed by atoms with Crippen LogP contribution in [0, 0.1) is 5.92 Å². The van der Waals surface area contributed by atoms with Crippen LogP contribution in [0.25, 0.3) is 0 Å². The lowest BCUT2D eigenvalue weighted by Gasteiger charge is -2.52. The Labute approximate surface area is 118 Å². The second kappa shape index (κ2) is 4.60. The van der Waals surface area contributed by atoms with Crippen molar-refractivity contribution in [2.24, 2.45) is 11.7 Å². The van der Waals surface area contributed by atoms with E-state index < -0.39 is 0 Å². The fourth-order valence-electron chi connectivity index (χ4n) is 3.61. The molecule has 1 aliphatic heterocycles. The molecular formula is C15H21N3O2. The van der Waals surface area contributed by atoms with E-state index in [-0.39, 0.29) is 24.1 Å². The highest BCUT2D eigenvalue weighted by atomic mass is 16.5. The molecule has 0 radical (unpaired) electrons. The summed E-state index contributed by atoms with van der Waals surface area (Å²) in [5, 5.41) is 3.08. The minimum atomic E-state index is -0.0321. The lowest BCUT2D eigenvalue weighted by atomic mass is 9.68. The lowest BCUT2D eigenvalue weighted by Crippen LogP contribution is -2.72. The van der Waals surface area contributed by atoms with Crippen LogP contribution in [-0.4, -0.2) is 35.3 Å². The first-order valence-electron chi connectivity index (χ1n) is 7.60. The molecule has 4 atom stereocenters. The van der Waals surface area contributed by atoms with Crippen LogP contribution < -0.4 is 11.1 Å². The molecule has 2 aliphatic carbocycles. The molecule has 3 fully saturated rings. The van der Waals surface area contributed by atoms with E-state index in [1.165, 1.54) is 12.8 Å². The highest BCUT2D eigenvalue weighted by Crippen LogP contribution is 2.38. The van der Waals surface area contributed by atoms with Gasteiger partial charge in [0.05, 0.1) is 12.1 Å². The summed E-state index contributed by atoms with van der Waals surface area (Å²) in [6.07, 6.45) is 6.66. The van der Waals surface area contributed by atoms with Gasteiger partial charge in [0.15, 0.2) is 0 Å². The Kier molecular flexibility index (Phi) is 2.86. The Morgan fingerprint density at radius 2 is 2.25 bits per heavy atom. The van der Waals surface area contributed by atoms with Crippen molar-refractivity contribution in [1.29, 1.82) is 0 Å². The molecule has 3 aliphatic rings. The molecule has 0 spiro atoms. The number of nitrogens with two attached hydrogens (primary N) is 1. The third-order valence-corrected chi connectivity index (χ3v) is 4.93. The van der Waals surface area contributed by atoms with Crippen molar-refractivity contribution in [2.75, 3.05) is 6.61 Å². The zero-order chi connectivity index (χ0) is 13.7. The van der Waals surface area contributed by atoms with Gasteiger partial charge in [0.2, 0.25) is 0 Å². The van der Waals surface area contributed by atoms with Gasteiger partial charge in [-0.2, -0.15) is 0 Å². The van der Waals surface area contributed by atoms with Crippen LogP contribution in [0.2, 0.25) is 0 Å². The van der Waals surface area contributed by atoms with Gasteiger partial charge in [-0.1, -0.05) is 0 Å². The number of carbonyl (C=O) groups is 1. The number of aromatic nitrogens is 1. The Morgan fingerprint density at radius 3 is 3.05 bits per heavy atom. The van der Waals surface area contributed by atoms with Crippen molar-refractivity contribution in [3.8, 4) is 0 Å². The first-order valence-corrected chi connectivity index (χ1v) is 7.60. The molecule has 20 heavy (non-hydrogen) atoms. The van der Waals surface area contributed by atoms with Gasteiger partial charge in [-0.05, 0) is 37.8 Å². The maximum absolute atomic E-state index is 12.4. The number of ether oxygens (including phenoxy) is 1. The number of nitrogens with one attached hydrogen (secondary N) is 1. The van der Waals surface area contributed by atoms with Crippen LogP contribution in [0.15, 0.2) is 18.3 Å². The van der Waals surface area contributed by atoms with E-state index in [9.17, 15) is 4.79 Å². The summed E-state index contributed by atoms with van der Waals surface area (Å²) in [5.74, 6) is 0.402. The number of nitrogens with zero attached hydrogens (tertiary/aromatic N) is 1. The summed E-state index contributed by atoms with van der Waals surface area (Å²) in [7, 11) is 0. The summed E-state index contributed by atoms with van der Waals surface area (Å²) in [4.78, 5) is 12.4. The van der Waals surface area contributed by atoms with Crippen LogP contribution in [0.5, 0.6) is 0 Å². The summed E-state index contributed by atoms with van der Waals surface area (Å²) in [6, 6.07) is 4.34. The van der Waals surface area contributed by atoms with Crippen LogP contribution in [0.4, 0.5) is 0 Å². The minimum Gasteiger partial charge on any atom is -0.376 e. The number of carbonyl (C=O) groups excluding carboxylic acids is 1. The van der Waals surface area contributed by atoms with E-state index in [1.807, 2.05) is 18.3 Å². The number of hydrogen-bond donors (Lipinski definition) is 2. The van der Waals surface area contributed by atoms with Crippen molar-refractivity contribution >= 4 is 5.91 Å². The summed E-state index contributed by atoms with van der Waals surface area (Å²) >= 11 is 0. The predicted octanol–water partition coefficient (Wildman–Crippen LogP) is 1.06. The van der Waals surface area contributed by atoms with E-state index in [2.05, 4.69) is 9.88 Å². The molecule has 1 aromatic heterocycles. The molecule has 4 unspecified atom stereocenters. The highest BCUT2D eigenvalue weighted by Gasteiger charge is 2.51. The monoisotopic (exact) mass is 275 g/mol. The van der Waals surface area contributed by atoms with Gasteiger partial charge in [-0.3, -0.25) is 4.79 Å². The standard InChI is InChI=1S/C15H21N3O2/c16-12-10-3-2-8-20-14(10)13(12)17-15(19)11-4-1-7-18(11)9-5-6-9/h1,4,7,9-10,12-14H,2-3,5-6,8,16H2,(H,17,19). The Hall–Kier alpha value is -1.33. The van der Waals surface area contributed by atoms with E-state index in [1.54, 1.807) is 0 Å². The SMILES string of the molecule is NC1C2CCCOC2C1NC(=O)c1cccn1C1CC1. The second-order valence-electron chi connectivity index (χ2n) is 6.25. The molecule has 1 saturated heterocycles. The number of fused-ring (bicyclic) bond motifs is 1. The predicted molar refractivity (Wildman–Crippen MR) is 74.4 cm³/mol. The average Bonchev–Trinajstić information content (AvgIpc) is 3.21. The molecule has 4 rings (SSSR count). The molecule has 1 amide bonds. The van der Waals surface area contributed by atoms with Gasteiger partial charge in [0.1, 0.15) is 5.69 Å². The maximum atomic E-state index is 12.4. The third-order valence-electron chi connectivity index (χ3n) is 4.93. The van der Waals surface area contributed by atoms with E-state index >= 15 is 0 Å². The average molecular weight is 275 g/mol. The molecule has 5 nitrogen and oxygen atoms in total.